The molecular formula is C7H14N. The molecule has 0 atom stereocenters. The van der Waals surface area contributed by atoms with Crippen LogP contribution in [0.4, 0.5) is 0 Å². The van der Waals surface area contributed by atoms with Gasteiger partial charge in [0, 0.05) is 6.54 Å². The van der Waals surface area contributed by atoms with Gasteiger partial charge >= 0.3 is 0 Å². The summed E-state index contributed by atoms with van der Waals surface area (Å²) in [5.74, 6) is 1.69. The lowest BCUT2D eigenvalue weighted by atomic mass is 9.97. The Labute approximate surface area is 51.5 Å². The van der Waals surface area contributed by atoms with Crippen molar-refractivity contribution in [3.05, 3.63) is 5.92 Å². The molecule has 1 saturated heterocycles. The van der Waals surface area contributed by atoms with Crippen LogP contribution < -0.4 is 5.32 Å². The first-order valence-corrected chi connectivity index (χ1v) is 3.47. The molecule has 1 heterocycles. The van der Waals surface area contributed by atoms with Crippen molar-refractivity contribution in [1.29, 1.82) is 0 Å². The fraction of sp³-hybridized carbons (Fsp3) is 0.857. The summed E-state index contributed by atoms with van der Waals surface area (Å²) in [4.78, 5) is 0. The van der Waals surface area contributed by atoms with Gasteiger partial charge in [0.2, 0.25) is 0 Å². The molecule has 1 rings (SSSR count). The average molecular weight is 112 g/mol. The van der Waals surface area contributed by atoms with E-state index >= 15 is 0 Å². The highest BCUT2D eigenvalue weighted by molar-refractivity contribution is 4.93. The van der Waals surface area contributed by atoms with E-state index in [0.29, 0.717) is 0 Å². The van der Waals surface area contributed by atoms with Gasteiger partial charge in [0.15, 0.2) is 0 Å². The van der Waals surface area contributed by atoms with Crippen molar-refractivity contribution < 1.29 is 0 Å². The van der Waals surface area contributed by atoms with E-state index in [0.717, 1.165) is 0 Å². The van der Waals surface area contributed by atoms with Crippen LogP contribution in [0.3, 0.4) is 0 Å². The van der Waals surface area contributed by atoms with Gasteiger partial charge in [0.1, 0.15) is 0 Å². The summed E-state index contributed by atoms with van der Waals surface area (Å²) < 4.78 is 0. The van der Waals surface area contributed by atoms with Gasteiger partial charge in [-0.05, 0) is 31.7 Å². The second kappa shape index (κ2) is 3.08. The van der Waals surface area contributed by atoms with Crippen LogP contribution in [0, 0.1) is 5.92 Å². The minimum Gasteiger partial charge on any atom is -0.316 e. The van der Waals surface area contributed by atoms with Gasteiger partial charge in [-0.15, -0.1) is 0 Å². The molecule has 1 fully saturated rings. The van der Waals surface area contributed by atoms with Crippen molar-refractivity contribution in [2.75, 3.05) is 13.1 Å². The smallest absolute Gasteiger partial charge is 0.00135 e. The standard InChI is InChI=1S/C7H14N/c1-2-7-4-3-5-8-6-7/h8H,2-6H2,1H3. The molecule has 1 aliphatic rings. The largest absolute Gasteiger partial charge is 0.316 e. The van der Waals surface area contributed by atoms with Crippen LogP contribution in [-0.4, -0.2) is 13.1 Å². The van der Waals surface area contributed by atoms with E-state index in [2.05, 4.69) is 12.2 Å². The Kier molecular flexibility index (Phi) is 2.34. The predicted octanol–water partition coefficient (Wildman–Crippen LogP) is 1.35. The lowest BCUT2D eigenvalue weighted by Gasteiger charge is -2.19. The molecule has 1 N–H and O–H groups in total. The van der Waals surface area contributed by atoms with E-state index in [4.69, 9.17) is 0 Å². The molecule has 0 unspecified atom stereocenters. The highest BCUT2D eigenvalue weighted by atomic mass is 14.9. The lowest BCUT2D eigenvalue weighted by molar-refractivity contribution is 0.529. The van der Waals surface area contributed by atoms with E-state index < -0.39 is 0 Å². The summed E-state index contributed by atoms with van der Waals surface area (Å²) in [5.41, 5.74) is 0. The van der Waals surface area contributed by atoms with Crippen LogP contribution in [0.1, 0.15) is 26.2 Å². The zero-order valence-electron chi connectivity index (χ0n) is 5.54. The second-order valence-corrected chi connectivity index (χ2v) is 2.38. The topological polar surface area (TPSA) is 12.0 Å². The molecule has 0 aliphatic carbocycles. The summed E-state index contributed by atoms with van der Waals surface area (Å²) in [5, 5.41) is 3.35. The van der Waals surface area contributed by atoms with Crippen molar-refractivity contribution in [1.82, 2.24) is 5.32 Å². The number of rotatable bonds is 1. The molecule has 0 bridgehead atoms. The van der Waals surface area contributed by atoms with Crippen LogP contribution in [0.2, 0.25) is 0 Å². The third-order valence-electron chi connectivity index (χ3n) is 1.76. The van der Waals surface area contributed by atoms with Crippen LogP contribution >= 0.6 is 0 Å². The predicted molar refractivity (Wildman–Crippen MR) is 35.6 cm³/mol. The van der Waals surface area contributed by atoms with Crippen molar-refractivity contribution in [3.8, 4) is 0 Å². The molecule has 0 aromatic rings. The van der Waals surface area contributed by atoms with E-state index in [1.807, 2.05) is 0 Å². The highest BCUT2D eigenvalue weighted by Crippen LogP contribution is 2.14. The third-order valence-corrected chi connectivity index (χ3v) is 1.76. The fourth-order valence-electron chi connectivity index (χ4n) is 1.12. The van der Waals surface area contributed by atoms with Crippen molar-refractivity contribution >= 4 is 0 Å². The Balaban J connectivity index is 2.13. The summed E-state index contributed by atoms with van der Waals surface area (Å²) in [6, 6.07) is 0. The van der Waals surface area contributed by atoms with Gasteiger partial charge in [-0.2, -0.15) is 0 Å². The Morgan fingerprint density at radius 2 is 2.50 bits per heavy atom. The van der Waals surface area contributed by atoms with Crippen molar-refractivity contribution in [2.45, 2.75) is 26.2 Å². The third kappa shape index (κ3) is 1.48. The van der Waals surface area contributed by atoms with Gasteiger partial charge < -0.3 is 5.32 Å². The monoisotopic (exact) mass is 112 g/mol. The maximum atomic E-state index is 3.35. The number of piperidine rings is 1. The minimum atomic E-state index is 1.18. The normalized spacial score (nSPS) is 23.6. The molecule has 1 nitrogen and oxygen atoms in total. The zero-order chi connectivity index (χ0) is 5.82. The summed E-state index contributed by atoms with van der Waals surface area (Å²) >= 11 is 0. The molecule has 0 spiro atoms. The molecule has 0 aromatic carbocycles. The number of nitrogens with one attached hydrogen (secondary N) is 1. The van der Waals surface area contributed by atoms with Crippen LogP contribution in [-0.2, 0) is 0 Å². The maximum absolute atomic E-state index is 3.35. The maximum Gasteiger partial charge on any atom is 0.00135 e. The molecule has 1 heteroatoms. The molecular weight excluding hydrogens is 98.1 g/mol. The molecule has 0 amide bonds. The Morgan fingerprint density at radius 1 is 1.62 bits per heavy atom. The molecule has 0 aromatic heterocycles. The highest BCUT2D eigenvalue weighted by Gasteiger charge is 2.09. The quantitative estimate of drug-likeness (QED) is 0.540. The van der Waals surface area contributed by atoms with E-state index in [-0.39, 0.29) is 0 Å². The summed E-state index contributed by atoms with van der Waals surface area (Å²) in [6.45, 7) is 4.64. The Bertz CT molecular complexity index is 55.4. The number of hydrogen-bond acceptors (Lipinski definition) is 1. The Morgan fingerprint density at radius 3 is 2.88 bits per heavy atom. The fourth-order valence-corrected chi connectivity index (χ4v) is 1.12. The SMILES string of the molecule is CC[C]1CCCNC1. The van der Waals surface area contributed by atoms with Gasteiger partial charge in [0.05, 0.1) is 0 Å². The first-order chi connectivity index (χ1) is 3.93. The van der Waals surface area contributed by atoms with Crippen molar-refractivity contribution in [2.24, 2.45) is 0 Å². The van der Waals surface area contributed by atoms with Crippen molar-refractivity contribution in [3.63, 3.8) is 0 Å². The van der Waals surface area contributed by atoms with Crippen LogP contribution in [0.25, 0.3) is 0 Å². The molecule has 1 radical (unpaired) electrons. The zero-order valence-corrected chi connectivity index (χ0v) is 5.54. The van der Waals surface area contributed by atoms with Gasteiger partial charge in [-0.25, -0.2) is 0 Å². The van der Waals surface area contributed by atoms with Gasteiger partial charge in [-0.3, -0.25) is 0 Å². The lowest BCUT2D eigenvalue weighted by Crippen LogP contribution is -2.27. The molecule has 1 aliphatic heterocycles. The minimum absolute atomic E-state index is 1.18. The van der Waals surface area contributed by atoms with Crippen LogP contribution in [0.15, 0.2) is 0 Å². The van der Waals surface area contributed by atoms with Gasteiger partial charge in [0.25, 0.3) is 0 Å². The summed E-state index contributed by atoms with van der Waals surface area (Å²) in [7, 11) is 0. The van der Waals surface area contributed by atoms with Gasteiger partial charge in [-0.1, -0.05) is 6.92 Å². The molecule has 0 saturated carbocycles. The van der Waals surface area contributed by atoms with E-state index in [1.54, 1.807) is 5.92 Å². The Hall–Kier alpha value is -0.0400. The molecule has 47 valence electrons. The molecule has 8 heavy (non-hydrogen) atoms. The van der Waals surface area contributed by atoms with Crippen LogP contribution in [0.5, 0.6) is 0 Å². The summed E-state index contributed by atoms with van der Waals surface area (Å²) in [6.07, 6.45) is 3.99. The van der Waals surface area contributed by atoms with E-state index in [9.17, 15) is 0 Å². The first kappa shape index (κ1) is 6.09. The first-order valence-electron chi connectivity index (χ1n) is 3.47. The number of hydrogen-bond donors (Lipinski definition) is 1. The van der Waals surface area contributed by atoms with E-state index in [1.165, 1.54) is 32.4 Å². The second-order valence-electron chi connectivity index (χ2n) is 2.38. The average Bonchev–Trinajstić information content (AvgIpc) is 1.90.